The highest BCUT2D eigenvalue weighted by Crippen LogP contribution is 2.34. The van der Waals surface area contributed by atoms with E-state index >= 15 is 0 Å². The molecule has 0 aliphatic carbocycles. The molecular formula is C18H11ClIN3O2S. The van der Waals surface area contributed by atoms with Gasteiger partial charge in [-0.15, -0.1) is 0 Å². The third-order valence-corrected chi connectivity index (χ3v) is 6.61. The second kappa shape index (κ2) is 6.64. The number of hydrogen-bond donors (Lipinski definition) is 0. The summed E-state index contributed by atoms with van der Waals surface area (Å²) in [6.07, 6.45) is 3.21. The monoisotopic (exact) mass is 495 g/mol. The minimum atomic E-state index is -3.74. The van der Waals surface area contributed by atoms with Crippen molar-refractivity contribution in [2.24, 2.45) is 0 Å². The van der Waals surface area contributed by atoms with Crippen LogP contribution >= 0.6 is 34.2 Å². The van der Waals surface area contributed by atoms with Gasteiger partial charge in [-0.05, 0) is 52.4 Å². The van der Waals surface area contributed by atoms with Crippen LogP contribution in [0.15, 0.2) is 71.9 Å². The second-order valence-corrected chi connectivity index (χ2v) is 8.82. The Kier molecular flexibility index (Phi) is 4.45. The van der Waals surface area contributed by atoms with Gasteiger partial charge in [-0.2, -0.15) is 0 Å². The molecule has 4 aromatic rings. The van der Waals surface area contributed by atoms with Gasteiger partial charge >= 0.3 is 0 Å². The highest BCUT2D eigenvalue weighted by atomic mass is 127. The fraction of sp³-hybridized carbons (Fsp3) is 0. The number of aromatic nitrogens is 3. The van der Waals surface area contributed by atoms with E-state index in [0.29, 0.717) is 16.8 Å². The lowest BCUT2D eigenvalue weighted by Gasteiger charge is -2.07. The van der Waals surface area contributed by atoms with Gasteiger partial charge in [0.15, 0.2) is 0 Å². The predicted octanol–water partition coefficient (Wildman–Crippen LogP) is 4.59. The molecule has 2 heterocycles. The molecule has 0 atom stereocenters. The van der Waals surface area contributed by atoms with Crippen molar-refractivity contribution in [2.75, 3.05) is 0 Å². The minimum absolute atomic E-state index is 0.114. The van der Waals surface area contributed by atoms with Gasteiger partial charge in [0.1, 0.15) is 0 Å². The molecule has 5 nitrogen and oxygen atoms in total. The molecule has 8 heteroatoms. The number of rotatable bonds is 3. The normalized spacial score (nSPS) is 11.8. The quantitative estimate of drug-likeness (QED) is 0.308. The Morgan fingerprint density at radius 2 is 1.69 bits per heavy atom. The van der Waals surface area contributed by atoms with Crippen molar-refractivity contribution >= 4 is 55.1 Å². The number of halogens is 2. The summed E-state index contributed by atoms with van der Waals surface area (Å²) in [6.45, 7) is 0. The van der Waals surface area contributed by atoms with Crippen LogP contribution in [0.4, 0.5) is 0 Å². The first-order chi connectivity index (χ1) is 12.5. The summed E-state index contributed by atoms with van der Waals surface area (Å²) < 4.78 is 28.4. The maximum absolute atomic E-state index is 13.1. The van der Waals surface area contributed by atoms with Gasteiger partial charge in [-0.1, -0.05) is 36.4 Å². The number of benzene rings is 2. The summed E-state index contributed by atoms with van der Waals surface area (Å²) in [6, 6.07) is 15.7. The molecule has 0 N–H and O–H groups in total. The first kappa shape index (κ1) is 17.4. The van der Waals surface area contributed by atoms with Crippen LogP contribution in [-0.4, -0.2) is 22.4 Å². The highest BCUT2D eigenvalue weighted by molar-refractivity contribution is 14.1. The van der Waals surface area contributed by atoms with Crippen LogP contribution in [0.25, 0.3) is 22.2 Å². The van der Waals surface area contributed by atoms with Crippen molar-refractivity contribution in [1.82, 2.24) is 13.9 Å². The smallest absolute Gasteiger partial charge is 0.240 e. The summed E-state index contributed by atoms with van der Waals surface area (Å²) in [7, 11) is -3.74. The van der Waals surface area contributed by atoms with Crippen LogP contribution in [0.5, 0.6) is 0 Å². The minimum Gasteiger partial charge on any atom is -0.240 e. The van der Waals surface area contributed by atoms with Crippen LogP contribution < -0.4 is 0 Å². The SMILES string of the molecule is O=S(=O)(c1ccccc1)n1cc(-c2nc(Cl)ncc2I)c2ccccc21. The van der Waals surface area contributed by atoms with Gasteiger partial charge in [0, 0.05) is 23.3 Å². The summed E-state index contributed by atoms with van der Waals surface area (Å²) in [5.74, 6) is 0. The zero-order valence-electron chi connectivity index (χ0n) is 13.2. The molecule has 0 aliphatic rings. The van der Waals surface area contributed by atoms with Gasteiger partial charge < -0.3 is 0 Å². The van der Waals surface area contributed by atoms with Gasteiger partial charge in [-0.25, -0.2) is 22.4 Å². The van der Waals surface area contributed by atoms with Crippen molar-refractivity contribution in [3.8, 4) is 11.3 Å². The van der Waals surface area contributed by atoms with Crippen LogP contribution in [0, 0.1) is 3.57 Å². The van der Waals surface area contributed by atoms with E-state index < -0.39 is 10.0 Å². The van der Waals surface area contributed by atoms with Crippen molar-refractivity contribution < 1.29 is 8.42 Å². The average Bonchev–Trinajstić information content (AvgIpc) is 3.05. The van der Waals surface area contributed by atoms with Crippen molar-refractivity contribution in [3.63, 3.8) is 0 Å². The molecule has 2 aromatic carbocycles. The maximum atomic E-state index is 13.1. The van der Waals surface area contributed by atoms with E-state index in [2.05, 4.69) is 32.6 Å². The molecule has 0 saturated carbocycles. The van der Waals surface area contributed by atoms with Crippen LogP contribution in [0.1, 0.15) is 0 Å². The zero-order valence-corrected chi connectivity index (χ0v) is 16.9. The van der Waals surface area contributed by atoms with Crippen molar-refractivity contribution in [1.29, 1.82) is 0 Å². The van der Waals surface area contributed by atoms with Gasteiger partial charge in [0.2, 0.25) is 5.28 Å². The largest absolute Gasteiger partial charge is 0.268 e. The topological polar surface area (TPSA) is 64.8 Å². The molecule has 0 saturated heterocycles. The molecule has 26 heavy (non-hydrogen) atoms. The fourth-order valence-electron chi connectivity index (χ4n) is 2.78. The van der Waals surface area contributed by atoms with Gasteiger partial charge in [-0.3, -0.25) is 0 Å². The lowest BCUT2D eigenvalue weighted by atomic mass is 10.1. The first-order valence-electron chi connectivity index (χ1n) is 7.57. The van der Waals surface area contributed by atoms with E-state index in [1.165, 1.54) is 3.97 Å². The number of hydrogen-bond acceptors (Lipinski definition) is 4. The average molecular weight is 496 g/mol. The molecule has 130 valence electrons. The number of nitrogens with zero attached hydrogens (tertiary/aromatic N) is 3. The standard InChI is InChI=1S/C18H11ClIN3O2S/c19-18-21-10-15(20)17(22-18)14-11-23(16-9-5-4-8-13(14)16)26(24,25)12-6-2-1-3-7-12/h1-11H. The molecule has 0 fully saturated rings. The molecule has 2 aromatic heterocycles. The van der Waals surface area contributed by atoms with E-state index in [-0.39, 0.29) is 10.2 Å². The summed E-state index contributed by atoms with van der Waals surface area (Å²) in [5, 5.41) is 0.892. The zero-order chi connectivity index (χ0) is 18.3. The second-order valence-electron chi connectivity index (χ2n) is 5.51. The van der Waals surface area contributed by atoms with E-state index in [1.807, 2.05) is 12.1 Å². The third-order valence-electron chi connectivity index (χ3n) is 3.95. The molecule has 0 aliphatic heterocycles. The number of fused-ring (bicyclic) bond motifs is 1. The van der Waals surface area contributed by atoms with E-state index in [4.69, 9.17) is 11.6 Å². The first-order valence-corrected chi connectivity index (χ1v) is 10.5. The predicted molar refractivity (Wildman–Crippen MR) is 110 cm³/mol. The summed E-state index contributed by atoms with van der Waals surface area (Å²) in [4.78, 5) is 8.49. The Morgan fingerprint density at radius 1 is 1.00 bits per heavy atom. The lowest BCUT2D eigenvalue weighted by Crippen LogP contribution is -2.11. The maximum Gasteiger partial charge on any atom is 0.268 e. The molecule has 4 rings (SSSR count). The van der Waals surface area contributed by atoms with Gasteiger partial charge in [0.05, 0.1) is 19.7 Å². The Labute approximate surface area is 168 Å². The Bertz CT molecular complexity index is 1220. The van der Waals surface area contributed by atoms with Crippen molar-refractivity contribution in [3.05, 3.63) is 75.8 Å². The fourth-order valence-corrected chi connectivity index (χ4v) is 4.85. The van der Waals surface area contributed by atoms with Crippen molar-refractivity contribution in [2.45, 2.75) is 4.90 Å². The summed E-state index contributed by atoms with van der Waals surface area (Å²) >= 11 is 8.07. The summed E-state index contributed by atoms with van der Waals surface area (Å²) in [5.41, 5.74) is 1.87. The molecule has 0 radical (unpaired) electrons. The molecule has 0 bridgehead atoms. The molecule has 0 amide bonds. The van der Waals surface area contributed by atoms with E-state index in [1.54, 1.807) is 54.9 Å². The third kappa shape index (κ3) is 2.89. The lowest BCUT2D eigenvalue weighted by molar-refractivity contribution is 0.589. The van der Waals surface area contributed by atoms with Crippen LogP contribution in [-0.2, 0) is 10.0 Å². The van der Waals surface area contributed by atoms with Gasteiger partial charge in [0.25, 0.3) is 10.0 Å². The van der Waals surface area contributed by atoms with E-state index in [0.717, 1.165) is 8.96 Å². The van der Waals surface area contributed by atoms with E-state index in [9.17, 15) is 8.42 Å². The molecular weight excluding hydrogens is 485 g/mol. The Hall–Kier alpha value is -1.97. The Balaban J connectivity index is 2.04. The molecule has 0 unspecified atom stereocenters. The number of para-hydroxylation sites is 1. The van der Waals surface area contributed by atoms with Crippen LogP contribution in [0.3, 0.4) is 0 Å². The molecule has 0 spiro atoms. The Morgan fingerprint density at radius 3 is 2.46 bits per heavy atom. The van der Waals surface area contributed by atoms with Crippen LogP contribution in [0.2, 0.25) is 5.28 Å². The highest BCUT2D eigenvalue weighted by Gasteiger charge is 2.22.